The predicted molar refractivity (Wildman–Crippen MR) is 100 cm³/mol. The van der Waals surface area contributed by atoms with Gasteiger partial charge in [-0.2, -0.15) is 4.72 Å². The third kappa shape index (κ3) is 6.53. The molecule has 7 nitrogen and oxygen atoms in total. The summed E-state index contributed by atoms with van der Waals surface area (Å²) >= 11 is 5.77. The van der Waals surface area contributed by atoms with Gasteiger partial charge >= 0.3 is 0 Å². The van der Waals surface area contributed by atoms with Gasteiger partial charge in [-0.15, -0.1) is 0 Å². The Morgan fingerprint density at radius 1 is 1.15 bits per heavy atom. The highest BCUT2D eigenvalue weighted by Gasteiger charge is 2.29. The van der Waals surface area contributed by atoms with Gasteiger partial charge in [-0.3, -0.25) is 4.79 Å². The van der Waals surface area contributed by atoms with Crippen molar-refractivity contribution in [3.8, 4) is 0 Å². The van der Waals surface area contributed by atoms with E-state index in [9.17, 15) is 21.6 Å². The summed E-state index contributed by atoms with van der Waals surface area (Å²) in [6.07, 6.45) is 4.62. The maximum atomic E-state index is 12.5. The number of benzene rings is 1. The Bertz CT molecular complexity index is 832. The fourth-order valence-corrected chi connectivity index (χ4v) is 4.84. The zero-order valence-electron chi connectivity index (χ0n) is 14.4. The average molecular weight is 423 g/mol. The van der Waals surface area contributed by atoms with Crippen molar-refractivity contribution in [1.29, 1.82) is 0 Å². The van der Waals surface area contributed by atoms with E-state index in [0.717, 1.165) is 31.9 Å². The Labute approximate surface area is 159 Å². The van der Waals surface area contributed by atoms with Gasteiger partial charge in [0.15, 0.2) is 0 Å². The van der Waals surface area contributed by atoms with E-state index in [0.29, 0.717) is 5.02 Å². The second-order valence-corrected chi connectivity index (χ2v) is 10.9. The number of sulfone groups is 1. The number of rotatable bonds is 8. The Morgan fingerprint density at radius 3 is 2.27 bits per heavy atom. The summed E-state index contributed by atoms with van der Waals surface area (Å²) in [5.41, 5.74) is 0. The Balaban J connectivity index is 2.15. The number of hydrogen-bond acceptors (Lipinski definition) is 5. The van der Waals surface area contributed by atoms with Crippen molar-refractivity contribution < 1.29 is 21.6 Å². The van der Waals surface area contributed by atoms with Crippen LogP contribution in [-0.2, 0) is 24.7 Å². The molecule has 0 aromatic heterocycles. The van der Waals surface area contributed by atoms with Crippen LogP contribution >= 0.6 is 11.6 Å². The molecule has 1 aliphatic rings. The molecule has 1 atom stereocenters. The van der Waals surface area contributed by atoms with E-state index in [1.165, 1.54) is 24.3 Å². The van der Waals surface area contributed by atoms with Crippen LogP contribution in [0.15, 0.2) is 29.2 Å². The molecule has 0 heterocycles. The summed E-state index contributed by atoms with van der Waals surface area (Å²) < 4.78 is 50.3. The van der Waals surface area contributed by atoms with E-state index >= 15 is 0 Å². The third-order valence-corrected chi connectivity index (χ3v) is 6.93. The van der Waals surface area contributed by atoms with E-state index in [1.54, 1.807) is 0 Å². The van der Waals surface area contributed by atoms with Crippen molar-refractivity contribution in [2.24, 2.45) is 0 Å². The molecule has 2 rings (SSSR count). The number of sulfonamides is 1. The van der Waals surface area contributed by atoms with Gasteiger partial charge < -0.3 is 5.32 Å². The van der Waals surface area contributed by atoms with E-state index in [-0.39, 0.29) is 23.1 Å². The second kappa shape index (κ2) is 8.69. The number of carbonyl (C=O) groups is 1. The van der Waals surface area contributed by atoms with Crippen molar-refractivity contribution >= 4 is 37.4 Å². The summed E-state index contributed by atoms with van der Waals surface area (Å²) in [7, 11) is -7.32. The quantitative estimate of drug-likeness (QED) is 0.659. The van der Waals surface area contributed by atoms with Gasteiger partial charge in [-0.25, -0.2) is 16.8 Å². The third-order valence-electron chi connectivity index (χ3n) is 4.22. The summed E-state index contributed by atoms with van der Waals surface area (Å²) in [6.45, 7) is 0. The first-order chi connectivity index (χ1) is 12.1. The first-order valence-corrected chi connectivity index (χ1v) is 12.2. The number of hydrogen-bond donors (Lipinski definition) is 2. The molecule has 1 fully saturated rings. The summed E-state index contributed by atoms with van der Waals surface area (Å²) in [5.74, 6) is -0.795. The number of nitrogens with one attached hydrogen (secondary N) is 2. The van der Waals surface area contributed by atoms with Crippen LogP contribution in [-0.4, -0.2) is 46.8 Å². The smallest absolute Gasteiger partial charge is 0.241 e. The van der Waals surface area contributed by atoms with Gasteiger partial charge in [0.05, 0.1) is 10.6 Å². The van der Waals surface area contributed by atoms with Crippen LogP contribution in [0.4, 0.5) is 0 Å². The fourth-order valence-electron chi connectivity index (χ4n) is 2.82. The second-order valence-electron chi connectivity index (χ2n) is 6.54. The van der Waals surface area contributed by atoms with Gasteiger partial charge in [-0.1, -0.05) is 24.4 Å². The normalized spacial score (nSPS) is 17.2. The summed E-state index contributed by atoms with van der Waals surface area (Å²) in [5, 5.41) is 3.20. The Hall–Kier alpha value is -1.16. The van der Waals surface area contributed by atoms with Crippen molar-refractivity contribution in [2.45, 2.75) is 49.1 Å². The molecule has 1 aliphatic carbocycles. The standard InChI is InChI=1S/C16H23ClN2O5S2/c1-25(21,22)11-10-15(16(20)18-13-4-2-3-5-13)19-26(23,24)14-8-6-12(17)7-9-14/h6-9,13,15,19H,2-5,10-11H2,1H3,(H,18,20)/t15-/m0/s1. The Kier molecular flexibility index (Phi) is 7.06. The SMILES string of the molecule is CS(=O)(=O)CC[C@H](NS(=O)(=O)c1ccc(Cl)cc1)C(=O)NC1CCCC1. The van der Waals surface area contributed by atoms with Crippen LogP contribution in [0.5, 0.6) is 0 Å². The van der Waals surface area contributed by atoms with E-state index < -0.39 is 31.8 Å². The van der Waals surface area contributed by atoms with Gasteiger partial charge in [-0.05, 0) is 43.5 Å². The Morgan fingerprint density at radius 2 is 1.73 bits per heavy atom. The molecule has 1 aromatic rings. The van der Waals surface area contributed by atoms with Crippen molar-refractivity contribution in [3.05, 3.63) is 29.3 Å². The number of amides is 1. The lowest BCUT2D eigenvalue weighted by molar-refractivity contribution is -0.123. The molecule has 0 saturated heterocycles. The highest BCUT2D eigenvalue weighted by Crippen LogP contribution is 2.18. The van der Waals surface area contributed by atoms with Crippen LogP contribution < -0.4 is 10.0 Å². The van der Waals surface area contributed by atoms with E-state index in [1.807, 2.05) is 0 Å². The minimum Gasteiger partial charge on any atom is -0.352 e. The van der Waals surface area contributed by atoms with Gasteiger partial charge in [0.2, 0.25) is 15.9 Å². The van der Waals surface area contributed by atoms with Crippen molar-refractivity contribution in [1.82, 2.24) is 10.0 Å². The topological polar surface area (TPSA) is 109 Å². The highest BCUT2D eigenvalue weighted by molar-refractivity contribution is 7.90. The molecular weight excluding hydrogens is 400 g/mol. The van der Waals surface area contributed by atoms with Crippen LogP contribution in [0, 0.1) is 0 Å². The molecule has 1 aromatic carbocycles. The highest BCUT2D eigenvalue weighted by atomic mass is 35.5. The lowest BCUT2D eigenvalue weighted by Crippen LogP contribution is -2.49. The minimum absolute atomic E-state index is 0.00303. The molecule has 0 bridgehead atoms. The molecular formula is C16H23ClN2O5S2. The van der Waals surface area contributed by atoms with Crippen molar-refractivity contribution in [2.75, 3.05) is 12.0 Å². The molecule has 1 amide bonds. The van der Waals surface area contributed by atoms with Crippen molar-refractivity contribution in [3.63, 3.8) is 0 Å². The predicted octanol–water partition coefficient (Wildman–Crippen LogP) is 1.48. The van der Waals surface area contributed by atoms with Crippen LogP contribution in [0.2, 0.25) is 5.02 Å². The van der Waals surface area contributed by atoms with Gasteiger partial charge in [0, 0.05) is 17.3 Å². The maximum Gasteiger partial charge on any atom is 0.241 e. The molecule has 0 unspecified atom stereocenters. The van der Waals surface area contributed by atoms with E-state index in [2.05, 4.69) is 10.0 Å². The van der Waals surface area contributed by atoms with Gasteiger partial charge in [0.25, 0.3) is 0 Å². The maximum absolute atomic E-state index is 12.5. The number of carbonyl (C=O) groups excluding carboxylic acids is 1. The lowest BCUT2D eigenvalue weighted by Gasteiger charge is -2.21. The summed E-state index contributed by atoms with van der Waals surface area (Å²) in [6, 6.07) is 4.36. The van der Waals surface area contributed by atoms with E-state index in [4.69, 9.17) is 11.6 Å². The minimum atomic E-state index is -3.99. The molecule has 146 valence electrons. The fraction of sp³-hybridized carbons (Fsp3) is 0.562. The molecule has 0 spiro atoms. The number of halogens is 1. The molecule has 10 heteroatoms. The zero-order valence-corrected chi connectivity index (χ0v) is 16.8. The van der Waals surface area contributed by atoms with Gasteiger partial charge in [0.1, 0.15) is 15.9 Å². The largest absolute Gasteiger partial charge is 0.352 e. The average Bonchev–Trinajstić information content (AvgIpc) is 3.03. The van der Waals surface area contributed by atoms with Crippen LogP contribution in [0.3, 0.4) is 0 Å². The molecule has 2 N–H and O–H groups in total. The first kappa shape index (κ1) is 21.1. The molecule has 1 saturated carbocycles. The zero-order chi connectivity index (χ0) is 19.4. The monoisotopic (exact) mass is 422 g/mol. The lowest BCUT2D eigenvalue weighted by atomic mass is 10.2. The van der Waals surface area contributed by atoms with Crippen LogP contribution in [0.1, 0.15) is 32.1 Å². The molecule has 26 heavy (non-hydrogen) atoms. The first-order valence-electron chi connectivity index (χ1n) is 8.33. The summed E-state index contributed by atoms with van der Waals surface area (Å²) in [4.78, 5) is 12.5. The molecule has 0 aliphatic heterocycles. The van der Waals surface area contributed by atoms with Crippen LogP contribution in [0.25, 0.3) is 0 Å². The molecule has 0 radical (unpaired) electrons.